The van der Waals surface area contributed by atoms with Crippen LogP contribution in [0.25, 0.3) is 0 Å². The lowest BCUT2D eigenvalue weighted by atomic mass is 10.1. The molecule has 7 heteroatoms. The number of anilines is 1. The molecule has 1 aromatic carbocycles. The maximum absolute atomic E-state index is 10.9. The summed E-state index contributed by atoms with van der Waals surface area (Å²) in [4.78, 5) is 12.3. The molecule has 0 fully saturated rings. The maximum Gasteiger partial charge on any atom is 0.293 e. The Morgan fingerprint density at radius 2 is 2.28 bits per heavy atom. The van der Waals surface area contributed by atoms with Crippen LogP contribution in [0.15, 0.2) is 18.2 Å². The van der Waals surface area contributed by atoms with Gasteiger partial charge in [0, 0.05) is 18.7 Å². The van der Waals surface area contributed by atoms with Gasteiger partial charge in [0.25, 0.3) is 5.69 Å². The van der Waals surface area contributed by atoms with Gasteiger partial charge in [-0.1, -0.05) is 12.1 Å². The van der Waals surface area contributed by atoms with Crippen LogP contribution < -0.4 is 11.3 Å². The monoisotopic (exact) mass is 254 g/mol. The molecule has 0 bridgehead atoms. The van der Waals surface area contributed by atoms with E-state index in [1.807, 2.05) is 18.9 Å². The first kappa shape index (κ1) is 14.4. The van der Waals surface area contributed by atoms with Crippen molar-refractivity contribution in [2.24, 2.45) is 5.84 Å². The highest BCUT2D eigenvalue weighted by molar-refractivity contribution is 5.65. The third kappa shape index (κ3) is 3.16. The highest BCUT2D eigenvalue weighted by Crippen LogP contribution is 2.28. The summed E-state index contributed by atoms with van der Waals surface area (Å²) in [5, 5.41) is 19.9. The van der Waals surface area contributed by atoms with Gasteiger partial charge in [-0.05, 0) is 19.5 Å². The van der Waals surface area contributed by atoms with Gasteiger partial charge in [-0.15, -0.1) is 0 Å². The van der Waals surface area contributed by atoms with Crippen LogP contribution >= 0.6 is 0 Å². The van der Waals surface area contributed by atoms with Crippen molar-refractivity contribution >= 4 is 11.4 Å². The number of benzene rings is 1. The number of nitro benzene ring substituents is 1. The van der Waals surface area contributed by atoms with E-state index in [1.54, 1.807) is 12.1 Å². The molecule has 0 aromatic heterocycles. The van der Waals surface area contributed by atoms with E-state index in [0.717, 1.165) is 5.56 Å². The van der Waals surface area contributed by atoms with Crippen LogP contribution in [0.2, 0.25) is 0 Å². The molecular formula is C11H18N4O3. The van der Waals surface area contributed by atoms with Gasteiger partial charge in [-0.25, -0.2) is 0 Å². The number of likely N-dealkylation sites (N-methyl/N-ethyl adjacent to an activating group) is 1. The number of nitro groups is 1. The van der Waals surface area contributed by atoms with Crippen molar-refractivity contribution in [3.05, 3.63) is 33.9 Å². The summed E-state index contributed by atoms with van der Waals surface area (Å²) in [6.45, 7) is 2.35. The summed E-state index contributed by atoms with van der Waals surface area (Å²) in [6.07, 6.45) is 0. The summed E-state index contributed by atoms with van der Waals surface area (Å²) >= 11 is 0. The van der Waals surface area contributed by atoms with E-state index in [0.29, 0.717) is 12.2 Å². The van der Waals surface area contributed by atoms with Gasteiger partial charge in [-0.3, -0.25) is 20.9 Å². The number of aliphatic hydroxyl groups excluding tert-OH is 1. The SMILES string of the molecule is CC(CO)N(C)Cc1cccc([N+](=O)[O-])c1NN. The molecule has 1 rings (SSSR count). The number of rotatable bonds is 6. The van der Waals surface area contributed by atoms with Gasteiger partial charge in [0.05, 0.1) is 11.5 Å². The van der Waals surface area contributed by atoms with Crippen molar-refractivity contribution < 1.29 is 10.0 Å². The Hall–Kier alpha value is -1.70. The van der Waals surface area contributed by atoms with Gasteiger partial charge in [0.2, 0.25) is 0 Å². The van der Waals surface area contributed by atoms with Gasteiger partial charge in [0.1, 0.15) is 5.69 Å². The molecule has 1 atom stereocenters. The number of aliphatic hydroxyl groups is 1. The van der Waals surface area contributed by atoms with Crippen LogP contribution in [0.1, 0.15) is 12.5 Å². The van der Waals surface area contributed by atoms with E-state index in [1.165, 1.54) is 6.07 Å². The topological polar surface area (TPSA) is 105 Å². The Morgan fingerprint density at radius 3 is 2.78 bits per heavy atom. The Kier molecular flexibility index (Phi) is 5.02. The van der Waals surface area contributed by atoms with Crippen LogP contribution in [0, 0.1) is 10.1 Å². The van der Waals surface area contributed by atoms with E-state index in [9.17, 15) is 10.1 Å². The number of para-hydroxylation sites is 1. The van der Waals surface area contributed by atoms with Crippen molar-refractivity contribution in [2.45, 2.75) is 19.5 Å². The largest absolute Gasteiger partial charge is 0.395 e. The highest BCUT2D eigenvalue weighted by atomic mass is 16.6. The summed E-state index contributed by atoms with van der Waals surface area (Å²) in [7, 11) is 1.83. The Morgan fingerprint density at radius 1 is 1.61 bits per heavy atom. The first-order valence-electron chi connectivity index (χ1n) is 5.55. The first-order valence-corrected chi connectivity index (χ1v) is 5.55. The predicted octanol–water partition coefficient (Wildman–Crippen LogP) is 0.693. The Labute approximate surface area is 105 Å². The zero-order valence-electron chi connectivity index (χ0n) is 10.5. The Balaban J connectivity index is 3.02. The molecule has 0 heterocycles. The van der Waals surface area contributed by atoms with E-state index in [-0.39, 0.29) is 18.3 Å². The average molecular weight is 254 g/mol. The van der Waals surface area contributed by atoms with Gasteiger partial charge in [-0.2, -0.15) is 0 Å². The van der Waals surface area contributed by atoms with Crippen LogP contribution in [-0.4, -0.2) is 34.6 Å². The molecule has 0 spiro atoms. The van der Waals surface area contributed by atoms with E-state index in [4.69, 9.17) is 10.9 Å². The minimum atomic E-state index is -0.478. The average Bonchev–Trinajstić information content (AvgIpc) is 2.37. The molecule has 0 aliphatic heterocycles. The van der Waals surface area contributed by atoms with Crippen LogP contribution in [0.3, 0.4) is 0 Å². The fraction of sp³-hybridized carbons (Fsp3) is 0.455. The number of hydrazine groups is 1. The highest BCUT2D eigenvalue weighted by Gasteiger charge is 2.18. The third-order valence-corrected chi connectivity index (χ3v) is 2.91. The van der Waals surface area contributed by atoms with Crippen LogP contribution in [0.4, 0.5) is 11.4 Å². The summed E-state index contributed by atoms with van der Waals surface area (Å²) < 4.78 is 0. The molecule has 0 radical (unpaired) electrons. The number of nitrogens with zero attached hydrogens (tertiary/aromatic N) is 2. The van der Waals surface area contributed by atoms with Crippen molar-refractivity contribution in [3.8, 4) is 0 Å². The third-order valence-electron chi connectivity index (χ3n) is 2.91. The van der Waals surface area contributed by atoms with Gasteiger partial charge in [0.15, 0.2) is 0 Å². The maximum atomic E-state index is 10.9. The lowest BCUT2D eigenvalue weighted by Gasteiger charge is -2.23. The molecule has 0 saturated carbocycles. The zero-order valence-corrected chi connectivity index (χ0v) is 10.5. The standard InChI is InChI=1S/C11H18N4O3/c1-8(7-16)14(2)6-9-4-3-5-10(15(17)18)11(9)13-12/h3-5,8,13,16H,6-7,12H2,1-2H3. The summed E-state index contributed by atoms with van der Waals surface area (Å²) in [5.41, 5.74) is 3.34. The quantitative estimate of drug-likeness (QED) is 0.392. The fourth-order valence-corrected chi connectivity index (χ4v) is 1.60. The number of nitrogen functional groups attached to an aromatic ring is 1. The smallest absolute Gasteiger partial charge is 0.293 e. The Bertz CT molecular complexity index is 425. The second kappa shape index (κ2) is 6.29. The van der Waals surface area contributed by atoms with Crippen molar-refractivity contribution in [1.82, 2.24) is 4.90 Å². The fourth-order valence-electron chi connectivity index (χ4n) is 1.60. The van der Waals surface area contributed by atoms with E-state index in [2.05, 4.69) is 5.43 Å². The number of hydrogen-bond donors (Lipinski definition) is 3. The second-order valence-corrected chi connectivity index (χ2v) is 4.16. The minimum Gasteiger partial charge on any atom is -0.395 e. The first-order chi connectivity index (χ1) is 8.51. The molecule has 0 aliphatic carbocycles. The molecule has 0 saturated heterocycles. The molecule has 18 heavy (non-hydrogen) atoms. The van der Waals surface area contributed by atoms with E-state index < -0.39 is 4.92 Å². The molecule has 1 aromatic rings. The zero-order chi connectivity index (χ0) is 13.7. The molecular weight excluding hydrogens is 236 g/mol. The number of nitrogens with one attached hydrogen (secondary N) is 1. The molecule has 0 aliphatic rings. The van der Waals surface area contributed by atoms with E-state index >= 15 is 0 Å². The summed E-state index contributed by atoms with van der Waals surface area (Å²) in [6, 6.07) is 4.75. The van der Waals surface area contributed by atoms with Gasteiger partial charge >= 0.3 is 0 Å². The van der Waals surface area contributed by atoms with Crippen molar-refractivity contribution in [1.29, 1.82) is 0 Å². The molecule has 100 valence electrons. The summed E-state index contributed by atoms with van der Waals surface area (Å²) in [5.74, 6) is 5.35. The number of nitrogens with two attached hydrogens (primary N) is 1. The van der Waals surface area contributed by atoms with Crippen molar-refractivity contribution in [2.75, 3.05) is 19.1 Å². The molecule has 4 N–H and O–H groups in total. The lowest BCUT2D eigenvalue weighted by molar-refractivity contribution is -0.384. The van der Waals surface area contributed by atoms with Crippen molar-refractivity contribution in [3.63, 3.8) is 0 Å². The molecule has 7 nitrogen and oxygen atoms in total. The lowest BCUT2D eigenvalue weighted by Crippen LogP contribution is -2.31. The predicted molar refractivity (Wildman–Crippen MR) is 68.9 cm³/mol. The molecule has 1 unspecified atom stereocenters. The molecule has 0 amide bonds. The minimum absolute atomic E-state index is 0.0246. The normalized spacial score (nSPS) is 12.5. The van der Waals surface area contributed by atoms with Crippen LogP contribution in [-0.2, 0) is 6.54 Å². The number of hydrogen-bond acceptors (Lipinski definition) is 6. The second-order valence-electron chi connectivity index (χ2n) is 4.16. The van der Waals surface area contributed by atoms with Crippen LogP contribution in [0.5, 0.6) is 0 Å². The van der Waals surface area contributed by atoms with Gasteiger partial charge < -0.3 is 10.5 Å².